The SMILES string of the molecule is CCN(C(=O)C1=CC(c2ccsc2)C2c3c(cc(OC)c(OC)c3F)CCN12)C(C)C. The van der Waals surface area contributed by atoms with Gasteiger partial charge in [-0.2, -0.15) is 11.3 Å². The molecule has 1 aromatic carbocycles. The van der Waals surface area contributed by atoms with E-state index in [9.17, 15) is 4.79 Å². The number of ether oxygens (including phenoxy) is 2. The lowest BCUT2D eigenvalue weighted by atomic mass is 9.83. The number of rotatable bonds is 6. The van der Waals surface area contributed by atoms with Gasteiger partial charge in [-0.3, -0.25) is 4.79 Å². The lowest BCUT2D eigenvalue weighted by Gasteiger charge is -2.39. The van der Waals surface area contributed by atoms with Crippen LogP contribution in [0.3, 0.4) is 0 Å². The van der Waals surface area contributed by atoms with Crippen LogP contribution in [0.25, 0.3) is 0 Å². The first kappa shape index (κ1) is 21.7. The number of hydrogen-bond acceptors (Lipinski definition) is 5. The molecule has 4 rings (SSSR count). The summed E-state index contributed by atoms with van der Waals surface area (Å²) in [6, 6.07) is 3.74. The maximum Gasteiger partial charge on any atom is 0.270 e. The van der Waals surface area contributed by atoms with Crippen LogP contribution in [0.1, 0.15) is 49.4 Å². The molecule has 0 spiro atoms. The van der Waals surface area contributed by atoms with E-state index in [0.717, 1.165) is 11.1 Å². The van der Waals surface area contributed by atoms with Gasteiger partial charge in [-0.25, -0.2) is 4.39 Å². The minimum atomic E-state index is -0.398. The Morgan fingerprint density at radius 1 is 1.35 bits per heavy atom. The molecule has 0 fully saturated rings. The Hall–Kier alpha value is -2.54. The third-order valence-corrected chi connectivity index (χ3v) is 7.05. The molecule has 2 unspecified atom stereocenters. The summed E-state index contributed by atoms with van der Waals surface area (Å²) in [6.45, 7) is 7.32. The number of nitrogens with zero attached hydrogens (tertiary/aromatic N) is 2. The van der Waals surface area contributed by atoms with E-state index in [1.807, 2.05) is 43.2 Å². The maximum absolute atomic E-state index is 15.8. The molecule has 0 N–H and O–H groups in total. The van der Waals surface area contributed by atoms with Crippen molar-refractivity contribution in [2.24, 2.45) is 0 Å². The van der Waals surface area contributed by atoms with Crippen LogP contribution < -0.4 is 9.47 Å². The largest absolute Gasteiger partial charge is 0.493 e. The molecule has 0 bridgehead atoms. The Bertz CT molecular complexity index is 1000. The van der Waals surface area contributed by atoms with Crippen molar-refractivity contribution < 1.29 is 18.7 Å². The minimum Gasteiger partial charge on any atom is -0.493 e. The fourth-order valence-electron chi connectivity index (χ4n) is 4.91. The predicted octanol–water partition coefficient (Wildman–Crippen LogP) is 4.74. The topological polar surface area (TPSA) is 42.0 Å². The van der Waals surface area contributed by atoms with Crippen molar-refractivity contribution in [1.29, 1.82) is 0 Å². The number of methoxy groups -OCH3 is 2. The van der Waals surface area contributed by atoms with Crippen LogP contribution in [-0.2, 0) is 11.2 Å². The monoisotopic (exact) mass is 444 g/mol. The van der Waals surface area contributed by atoms with Crippen molar-refractivity contribution in [2.75, 3.05) is 27.3 Å². The van der Waals surface area contributed by atoms with Crippen LogP contribution in [0.5, 0.6) is 11.5 Å². The standard InChI is InChI=1S/C24H29FN2O3S/c1-6-26(14(2)3)24(28)18-12-17(16-8-10-31-13-16)22-20-15(7-9-27(18)22)11-19(29-4)23(30-5)21(20)25/h8,10-14,17,22H,6-7,9H2,1-5H3. The zero-order valence-electron chi connectivity index (χ0n) is 18.6. The first-order valence-corrected chi connectivity index (χ1v) is 11.6. The number of carbonyl (C=O) groups excluding carboxylic acids is 1. The van der Waals surface area contributed by atoms with Gasteiger partial charge in [-0.15, -0.1) is 0 Å². The molecular formula is C24H29FN2O3S. The second-order valence-electron chi connectivity index (χ2n) is 8.21. The summed E-state index contributed by atoms with van der Waals surface area (Å²) in [7, 11) is 2.97. The van der Waals surface area contributed by atoms with Gasteiger partial charge in [0, 0.05) is 30.6 Å². The number of hydrogen-bond donors (Lipinski definition) is 0. The van der Waals surface area contributed by atoms with Gasteiger partial charge in [-0.1, -0.05) is 0 Å². The highest BCUT2D eigenvalue weighted by Gasteiger charge is 2.45. The fourth-order valence-corrected chi connectivity index (χ4v) is 5.61. The summed E-state index contributed by atoms with van der Waals surface area (Å²) in [5, 5.41) is 4.11. The second-order valence-corrected chi connectivity index (χ2v) is 8.99. The van der Waals surface area contributed by atoms with Crippen molar-refractivity contribution in [1.82, 2.24) is 9.80 Å². The molecule has 0 radical (unpaired) electrons. The zero-order chi connectivity index (χ0) is 22.3. The molecule has 2 aliphatic heterocycles. The molecule has 0 aliphatic carbocycles. The van der Waals surface area contributed by atoms with E-state index in [1.165, 1.54) is 14.2 Å². The van der Waals surface area contributed by atoms with Gasteiger partial charge in [0.2, 0.25) is 0 Å². The molecule has 31 heavy (non-hydrogen) atoms. The number of fused-ring (bicyclic) bond motifs is 3. The molecule has 0 saturated carbocycles. The van der Waals surface area contributed by atoms with Crippen molar-refractivity contribution in [3.05, 3.63) is 57.2 Å². The smallest absolute Gasteiger partial charge is 0.270 e. The molecular weight excluding hydrogens is 415 g/mol. The van der Waals surface area contributed by atoms with Crippen molar-refractivity contribution in [2.45, 2.75) is 45.2 Å². The molecule has 2 atom stereocenters. The molecule has 3 heterocycles. The average molecular weight is 445 g/mol. The van der Waals surface area contributed by atoms with Gasteiger partial charge in [0.1, 0.15) is 0 Å². The minimum absolute atomic E-state index is 0.00423. The van der Waals surface area contributed by atoms with Gasteiger partial charge in [0.15, 0.2) is 17.3 Å². The highest BCUT2D eigenvalue weighted by Crippen LogP contribution is 2.52. The van der Waals surface area contributed by atoms with E-state index in [2.05, 4.69) is 16.3 Å². The summed E-state index contributed by atoms with van der Waals surface area (Å²) in [4.78, 5) is 17.4. The average Bonchev–Trinajstić information content (AvgIpc) is 3.41. The van der Waals surface area contributed by atoms with E-state index >= 15 is 4.39 Å². The number of amides is 1. The normalized spacial score (nSPS) is 19.7. The number of carbonyl (C=O) groups is 1. The fraction of sp³-hybridized carbons (Fsp3) is 0.458. The summed E-state index contributed by atoms with van der Waals surface area (Å²) >= 11 is 1.61. The Kier molecular flexibility index (Phi) is 5.97. The lowest BCUT2D eigenvalue weighted by molar-refractivity contribution is -0.130. The van der Waals surface area contributed by atoms with Crippen molar-refractivity contribution in [3.63, 3.8) is 0 Å². The Balaban J connectivity index is 1.85. The quantitative estimate of drug-likeness (QED) is 0.645. The van der Waals surface area contributed by atoms with Crippen LogP contribution in [0.15, 0.2) is 34.7 Å². The number of likely N-dealkylation sites (N-methyl/N-ethyl adjacent to an activating group) is 1. The van der Waals surface area contributed by atoms with E-state index in [1.54, 1.807) is 11.3 Å². The highest BCUT2D eigenvalue weighted by atomic mass is 32.1. The summed E-state index contributed by atoms with van der Waals surface area (Å²) in [6.07, 6.45) is 2.67. The molecule has 0 saturated heterocycles. The molecule has 7 heteroatoms. The van der Waals surface area contributed by atoms with E-state index in [0.29, 0.717) is 36.5 Å². The van der Waals surface area contributed by atoms with Gasteiger partial charge < -0.3 is 19.3 Å². The van der Waals surface area contributed by atoms with Gasteiger partial charge in [0.05, 0.1) is 26.0 Å². The number of thiophene rings is 1. The van der Waals surface area contributed by atoms with Crippen LogP contribution >= 0.6 is 11.3 Å². The van der Waals surface area contributed by atoms with Gasteiger partial charge >= 0.3 is 0 Å². The number of benzene rings is 1. The highest BCUT2D eigenvalue weighted by molar-refractivity contribution is 7.08. The molecule has 5 nitrogen and oxygen atoms in total. The summed E-state index contributed by atoms with van der Waals surface area (Å²) in [5.74, 6) is 0.0141. The zero-order valence-corrected chi connectivity index (χ0v) is 19.5. The molecule has 1 aromatic heterocycles. The number of halogens is 1. The van der Waals surface area contributed by atoms with E-state index < -0.39 is 5.82 Å². The molecule has 2 aromatic rings. The van der Waals surface area contributed by atoms with Crippen LogP contribution in [-0.4, -0.2) is 49.1 Å². The predicted molar refractivity (Wildman–Crippen MR) is 120 cm³/mol. The van der Waals surface area contributed by atoms with Crippen LogP contribution in [0.2, 0.25) is 0 Å². The molecule has 1 amide bonds. The summed E-state index contributed by atoms with van der Waals surface area (Å²) in [5.41, 5.74) is 3.27. The van der Waals surface area contributed by atoms with Crippen LogP contribution in [0, 0.1) is 5.82 Å². The first-order chi connectivity index (χ1) is 14.9. The molecule has 166 valence electrons. The Morgan fingerprint density at radius 3 is 2.71 bits per heavy atom. The van der Waals surface area contributed by atoms with Gasteiger partial charge in [0.25, 0.3) is 5.91 Å². The van der Waals surface area contributed by atoms with E-state index in [4.69, 9.17) is 9.47 Å². The third-order valence-electron chi connectivity index (χ3n) is 6.35. The first-order valence-electron chi connectivity index (χ1n) is 10.7. The van der Waals surface area contributed by atoms with Crippen molar-refractivity contribution in [3.8, 4) is 11.5 Å². The van der Waals surface area contributed by atoms with Gasteiger partial charge in [-0.05, 0) is 67.3 Å². The molecule has 2 aliphatic rings. The lowest BCUT2D eigenvalue weighted by Crippen LogP contribution is -2.43. The Labute approximate surface area is 187 Å². The Morgan fingerprint density at radius 2 is 2.13 bits per heavy atom. The van der Waals surface area contributed by atoms with Crippen molar-refractivity contribution >= 4 is 17.2 Å². The second kappa shape index (κ2) is 8.54. The summed E-state index contributed by atoms with van der Waals surface area (Å²) < 4.78 is 26.5. The third kappa shape index (κ3) is 3.49. The maximum atomic E-state index is 15.8. The van der Waals surface area contributed by atoms with E-state index in [-0.39, 0.29) is 29.7 Å². The van der Waals surface area contributed by atoms with Crippen LogP contribution in [0.4, 0.5) is 4.39 Å².